The SMILES string of the molecule is O=C(OCC1OC(n2cc(CO)c(=O)[nH]c2=O)C(OC(=O)c2ccccc2)C1OC(=O)c1ccccc1)c1ccccc1. The summed E-state index contributed by atoms with van der Waals surface area (Å²) < 4.78 is 24.1. The van der Waals surface area contributed by atoms with Crippen molar-refractivity contribution >= 4 is 17.9 Å². The van der Waals surface area contributed by atoms with Gasteiger partial charge in [0.1, 0.15) is 12.7 Å². The van der Waals surface area contributed by atoms with Crippen molar-refractivity contribution in [1.82, 2.24) is 9.55 Å². The number of hydrogen-bond acceptors (Lipinski definition) is 10. The highest BCUT2D eigenvalue weighted by Crippen LogP contribution is 2.34. The average molecular weight is 587 g/mol. The van der Waals surface area contributed by atoms with Gasteiger partial charge in [-0.05, 0) is 36.4 Å². The van der Waals surface area contributed by atoms with Gasteiger partial charge in [-0.3, -0.25) is 14.3 Å². The first-order chi connectivity index (χ1) is 20.9. The zero-order valence-electron chi connectivity index (χ0n) is 22.5. The smallest absolute Gasteiger partial charge is 0.338 e. The van der Waals surface area contributed by atoms with E-state index in [2.05, 4.69) is 4.98 Å². The number of aromatic amines is 1. The van der Waals surface area contributed by atoms with Gasteiger partial charge in [0.25, 0.3) is 5.56 Å². The number of nitrogens with zero attached hydrogens (tertiary/aromatic N) is 1. The minimum absolute atomic E-state index is 0.165. The van der Waals surface area contributed by atoms with Gasteiger partial charge < -0.3 is 24.1 Å². The number of rotatable bonds is 9. The molecule has 0 saturated carbocycles. The van der Waals surface area contributed by atoms with E-state index in [1.807, 2.05) is 0 Å². The van der Waals surface area contributed by atoms with Crippen LogP contribution in [0.4, 0.5) is 0 Å². The summed E-state index contributed by atoms with van der Waals surface area (Å²) in [6.45, 7) is -1.16. The largest absolute Gasteiger partial charge is 0.459 e. The summed E-state index contributed by atoms with van der Waals surface area (Å²) in [6.07, 6.45) is -4.48. The molecule has 12 nitrogen and oxygen atoms in total. The lowest BCUT2D eigenvalue weighted by molar-refractivity contribution is -0.0641. The number of carbonyl (C=O) groups excluding carboxylic acids is 3. The number of benzene rings is 3. The zero-order chi connectivity index (χ0) is 30.3. The number of aliphatic hydroxyl groups excluding tert-OH is 1. The van der Waals surface area contributed by atoms with E-state index < -0.39 is 66.9 Å². The lowest BCUT2D eigenvalue weighted by Gasteiger charge is -2.25. The molecule has 1 fully saturated rings. The van der Waals surface area contributed by atoms with E-state index in [0.717, 1.165) is 10.8 Å². The second-order valence-corrected chi connectivity index (χ2v) is 9.48. The van der Waals surface area contributed by atoms with Gasteiger partial charge in [-0.25, -0.2) is 19.2 Å². The predicted octanol–water partition coefficient (Wildman–Crippen LogP) is 2.23. The van der Waals surface area contributed by atoms with E-state index in [1.54, 1.807) is 66.7 Å². The van der Waals surface area contributed by atoms with Crippen LogP contribution in [-0.2, 0) is 25.6 Å². The third-order valence-corrected chi connectivity index (χ3v) is 6.66. The van der Waals surface area contributed by atoms with Crippen molar-refractivity contribution in [3.05, 3.63) is 140 Å². The molecule has 220 valence electrons. The normalized spacial score (nSPS) is 19.4. The van der Waals surface area contributed by atoms with Crippen LogP contribution < -0.4 is 11.2 Å². The number of nitrogens with one attached hydrogen (secondary N) is 1. The Morgan fingerprint density at radius 2 is 1.23 bits per heavy atom. The Hall–Kier alpha value is -5.33. The maximum atomic E-state index is 13.2. The Kier molecular flexibility index (Phi) is 8.89. The Morgan fingerprint density at radius 1 is 0.744 bits per heavy atom. The first-order valence-corrected chi connectivity index (χ1v) is 13.2. The van der Waals surface area contributed by atoms with Crippen LogP contribution in [0, 0.1) is 0 Å². The van der Waals surface area contributed by atoms with Crippen LogP contribution in [-0.4, -0.2) is 57.5 Å². The monoisotopic (exact) mass is 586 g/mol. The molecule has 1 aromatic heterocycles. The molecule has 0 bridgehead atoms. The first-order valence-electron chi connectivity index (χ1n) is 13.2. The summed E-state index contributed by atoms with van der Waals surface area (Å²) in [5, 5.41) is 9.65. The molecule has 0 amide bonds. The van der Waals surface area contributed by atoms with Gasteiger partial charge in [0.2, 0.25) is 0 Å². The van der Waals surface area contributed by atoms with Crippen molar-refractivity contribution < 1.29 is 38.4 Å². The highest BCUT2D eigenvalue weighted by molar-refractivity contribution is 5.91. The number of ether oxygens (including phenoxy) is 4. The molecule has 12 heteroatoms. The maximum absolute atomic E-state index is 13.2. The lowest BCUT2D eigenvalue weighted by Crippen LogP contribution is -2.43. The van der Waals surface area contributed by atoms with Gasteiger partial charge in [-0.1, -0.05) is 54.6 Å². The third kappa shape index (κ3) is 6.61. The summed E-state index contributed by atoms with van der Waals surface area (Å²) in [7, 11) is 0. The Morgan fingerprint density at radius 3 is 1.74 bits per heavy atom. The number of H-pyrrole nitrogens is 1. The van der Waals surface area contributed by atoms with Crippen molar-refractivity contribution in [2.45, 2.75) is 31.1 Å². The molecule has 0 radical (unpaired) electrons. The average Bonchev–Trinajstić information content (AvgIpc) is 3.36. The number of carbonyl (C=O) groups is 3. The molecule has 5 rings (SSSR count). The van der Waals surface area contributed by atoms with E-state index in [4.69, 9.17) is 18.9 Å². The predicted molar refractivity (Wildman–Crippen MR) is 149 cm³/mol. The first kappa shape index (κ1) is 29.2. The molecule has 1 aliphatic rings. The van der Waals surface area contributed by atoms with Crippen molar-refractivity contribution in [3.63, 3.8) is 0 Å². The van der Waals surface area contributed by atoms with Crippen LogP contribution in [0.2, 0.25) is 0 Å². The van der Waals surface area contributed by atoms with Crippen molar-refractivity contribution in [1.29, 1.82) is 0 Å². The second-order valence-electron chi connectivity index (χ2n) is 9.48. The van der Waals surface area contributed by atoms with Crippen molar-refractivity contribution in [3.8, 4) is 0 Å². The maximum Gasteiger partial charge on any atom is 0.338 e. The standard InChI is InChI=1S/C31H26N2O10/c34-17-22-16-33(31(39)32-26(22)35)27-25(43-30(38)21-14-8-3-9-15-21)24(42-29(37)20-12-6-2-7-13-20)23(41-27)18-40-28(36)19-10-4-1-5-11-19/h1-16,23-25,27,34H,17-18H2,(H,32,35,39). The quantitative estimate of drug-likeness (QED) is 0.220. The van der Waals surface area contributed by atoms with Crippen LogP contribution in [0.3, 0.4) is 0 Å². The van der Waals surface area contributed by atoms with Gasteiger partial charge in [-0.2, -0.15) is 0 Å². The summed E-state index contributed by atoms with van der Waals surface area (Å²) >= 11 is 0. The summed E-state index contributed by atoms with van der Waals surface area (Å²) in [5.74, 6) is -2.30. The fraction of sp³-hybridized carbons (Fsp3) is 0.194. The minimum atomic E-state index is -1.46. The highest BCUT2D eigenvalue weighted by atomic mass is 16.7. The molecule has 3 aromatic carbocycles. The van der Waals surface area contributed by atoms with Crippen LogP contribution in [0.15, 0.2) is 107 Å². The molecule has 0 aliphatic carbocycles. The number of hydrogen-bond donors (Lipinski definition) is 2. The number of esters is 3. The van der Waals surface area contributed by atoms with Gasteiger partial charge >= 0.3 is 23.6 Å². The molecule has 1 aliphatic heterocycles. The highest BCUT2D eigenvalue weighted by Gasteiger charge is 2.51. The Bertz CT molecular complexity index is 1700. The summed E-state index contributed by atoms with van der Waals surface area (Å²) in [6, 6.07) is 24.1. The van der Waals surface area contributed by atoms with Gasteiger partial charge in [-0.15, -0.1) is 0 Å². The number of aliphatic hydroxyl groups is 1. The van der Waals surface area contributed by atoms with Crippen molar-refractivity contribution in [2.75, 3.05) is 6.61 Å². The molecule has 43 heavy (non-hydrogen) atoms. The number of aromatic nitrogens is 2. The van der Waals surface area contributed by atoms with Crippen LogP contribution in [0.1, 0.15) is 42.9 Å². The molecular weight excluding hydrogens is 560 g/mol. The van der Waals surface area contributed by atoms with Crippen molar-refractivity contribution in [2.24, 2.45) is 0 Å². The molecular formula is C31H26N2O10. The van der Waals surface area contributed by atoms with Crippen LogP contribution in [0.25, 0.3) is 0 Å². The van der Waals surface area contributed by atoms with E-state index in [9.17, 15) is 29.1 Å². The molecule has 1 saturated heterocycles. The Labute approximate surface area is 244 Å². The molecule has 4 unspecified atom stereocenters. The second kappa shape index (κ2) is 13.1. The van der Waals surface area contributed by atoms with Crippen LogP contribution in [0.5, 0.6) is 0 Å². The zero-order valence-corrected chi connectivity index (χ0v) is 22.5. The summed E-state index contributed by atoms with van der Waals surface area (Å²) in [4.78, 5) is 66.3. The molecule has 2 N–H and O–H groups in total. The van der Waals surface area contributed by atoms with Crippen LogP contribution >= 0.6 is 0 Å². The van der Waals surface area contributed by atoms with Gasteiger partial charge in [0.05, 0.1) is 28.9 Å². The van der Waals surface area contributed by atoms with E-state index in [0.29, 0.717) is 0 Å². The van der Waals surface area contributed by atoms with E-state index >= 15 is 0 Å². The lowest BCUT2D eigenvalue weighted by atomic mass is 10.1. The minimum Gasteiger partial charge on any atom is -0.459 e. The van der Waals surface area contributed by atoms with E-state index in [-0.39, 0.29) is 22.3 Å². The molecule has 4 atom stereocenters. The molecule has 0 spiro atoms. The van der Waals surface area contributed by atoms with Gasteiger partial charge in [0.15, 0.2) is 18.4 Å². The molecule has 4 aromatic rings. The van der Waals surface area contributed by atoms with Gasteiger partial charge in [0, 0.05) is 6.20 Å². The fourth-order valence-corrected chi connectivity index (χ4v) is 4.51. The summed E-state index contributed by atoms with van der Waals surface area (Å²) in [5.41, 5.74) is -1.33. The fourth-order valence-electron chi connectivity index (χ4n) is 4.51. The van der Waals surface area contributed by atoms with E-state index in [1.165, 1.54) is 24.3 Å². The molecule has 2 heterocycles. The topological polar surface area (TPSA) is 163 Å². The third-order valence-electron chi connectivity index (χ3n) is 6.66. The Balaban J connectivity index is 1.53.